The molecule has 0 bridgehead atoms. The first kappa shape index (κ1) is 11.3. The monoisotopic (exact) mass is 220 g/mol. The Bertz CT molecular complexity index is 426. The smallest absolute Gasteiger partial charge is 0.142 e. The van der Waals surface area contributed by atoms with E-state index in [1.165, 1.54) is 6.07 Å². The second-order valence-electron chi connectivity index (χ2n) is 4.96. The lowest BCUT2D eigenvalue weighted by molar-refractivity contribution is -0.147. The molecule has 0 amide bonds. The number of hydrogen-bond acceptors (Lipinski definition) is 1. The fourth-order valence-corrected chi connectivity index (χ4v) is 3.03. The summed E-state index contributed by atoms with van der Waals surface area (Å²) in [6.07, 6.45) is 0.817. The van der Waals surface area contributed by atoms with E-state index in [1.807, 2.05) is 26.8 Å². The van der Waals surface area contributed by atoms with Gasteiger partial charge in [-0.1, -0.05) is 32.9 Å². The summed E-state index contributed by atoms with van der Waals surface area (Å²) >= 11 is 0. The van der Waals surface area contributed by atoms with Crippen molar-refractivity contribution in [3.8, 4) is 0 Å². The summed E-state index contributed by atoms with van der Waals surface area (Å²) in [5.74, 6) is 0.277. The van der Waals surface area contributed by atoms with E-state index in [0.29, 0.717) is 5.78 Å². The van der Waals surface area contributed by atoms with E-state index in [1.54, 1.807) is 12.1 Å². The van der Waals surface area contributed by atoms with Gasteiger partial charge in [-0.2, -0.15) is 0 Å². The fourth-order valence-electron chi connectivity index (χ4n) is 3.03. The van der Waals surface area contributed by atoms with E-state index in [2.05, 4.69) is 0 Å². The first-order valence-electron chi connectivity index (χ1n) is 5.80. The Morgan fingerprint density at radius 3 is 2.69 bits per heavy atom. The summed E-state index contributed by atoms with van der Waals surface area (Å²) in [4.78, 5) is 11.9. The van der Waals surface area contributed by atoms with Crippen molar-refractivity contribution in [1.29, 1.82) is 0 Å². The molecule has 0 aliphatic heterocycles. The summed E-state index contributed by atoms with van der Waals surface area (Å²) in [6, 6.07) is 6.64. The van der Waals surface area contributed by atoms with Gasteiger partial charge in [-0.05, 0) is 24.1 Å². The van der Waals surface area contributed by atoms with E-state index in [4.69, 9.17) is 0 Å². The molecule has 1 nitrogen and oxygen atoms in total. The second-order valence-corrected chi connectivity index (χ2v) is 4.96. The maximum Gasteiger partial charge on any atom is 0.142 e. The zero-order chi connectivity index (χ0) is 11.9. The summed E-state index contributed by atoms with van der Waals surface area (Å²) in [5, 5.41) is 0. The lowest BCUT2D eigenvalue weighted by atomic mass is 9.51. The molecule has 0 N–H and O–H groups in total. The Morgan fingerprint density at radius 2 is 2.12 bits per heavy atom. The van der Waals surface area contributed by atoms with Crippen LogP contribution in [-0.4, -0.2) is 5.78 Å². The second kappa shape index (κ2) is 3.69. The van der Waals surface area contributed by atoms with Crippen LogP contribution in [0.3, 0.4) is 0 Å². The number of ketones is 1. The third-order valence-corrected chi connectivity index (χ3v) is 4.11. The minimum Gasteiger partial charge on any atom is -0.299 e. The molecule has 2 heteroatoms. The lowest BCUT2D eigenvalue weighted by Gasteiger charge is -2.50. The van der Waals surface area contributed by atoms with Crippen molar-refractivity contribution < 1.29 is 9.18 Å². The van der Waals surface area contributed by atoms with Gasteiger partial charge < -0.3 is 0 Å². The minimum atomic E-state index is -0.298. The highest BCUT2D eigenvalue weighted by molar-refractivity contribution is 5.95. The van der Waals surface area contributed by atoms with Gasteiger partial charge in [-0.25, -0.2) is 4.39 Å². The quantitative estimate of drug-likeness (QED) is 0.745. The van der Waals surface area contributed by atoms with Crippen LogP contribution in [-0.2, 0) is 4.79 Å². The van der Waals surface area contributed by atoms with E-state index in [9.17, 15) is 9.18 Å². The third-order valence-electron chi connectivity index (χ3n) is 4.11. The molecule has 1 aliphatic carbocycles. The Labute approximate surface area is 95.7 Å². The van der Waals surface area contributed by atoms with Crippen LogP contribution in [0.2, 0.25) is 0 Å². The van der Waals surface area contributed by atoms with Crippen molar-refractivity contribution in [2.24, 2.45) is 11.3 Å². The number of benzene rings is 1. The standard InChI is InChI=1S/C14H17FO/c1-4-14(3)12(9(2)13(14)16)10-6-5-7-11(15)8-10/h5-9,12H,4H2,1-3H3. The van der Waals surface area contributed by atoms with E-state index in [-0.39, 0.29) is 23.1 Å². The number of halogens is 1. The Balaban J connectivity index is 2.38. The molecule has 1 fully saturated rings. The van der Waals surface area contributed by atoms with Crippen molar-refractivity contribution >= 4 is 5.78 Å². The Morgan fingerprint density at radius 1 is 1.44 bits per heavy atom. The Kier molecular flexibility index (Phi) is 2.61. The van der Waals surface area contributed by atoms with Crippen molar-refractivity contribution in [1.82, 2.24) is 0 Å². The van der Waals surface area contributed by atoms with Gasteiger partial charge in [-0.15, -0.1) is 0 Å². The molecule has 0 spiro atoms. The van der Waals surface area contributed by atoms with Crippen LogP contribution >= 0.6 is 0 Å². The molecule has 1 saturated carbocycles. The predicted molar refractivity (Wildman–Crippen MR) is 61.7 cm³/mol. The molecule has 16 heavy (non-hydrogen) atoms. The molecule has 2 rings (SSSR count). The molecule has 3 unspecified atom stereocenters. The average molecular weight is 220 g/mol. The van der Waals surface area contributed by atoms with E-state index >= 15 is 0 Å². The zero-order valence-corrected chi connectivity index (χ0v) is 9.96. The zero-order valence-electron chi connectivity index (χ0n) is 9.96. The first-order valence-corrected chi connectivity index (χ1v) is 5.80. The highest BCUT2D eigenvalue weighted by Gasteiger charge is 2.55. The van der Waals surface area contributed by atoms with Crippen LogP contribution in [0.15, 0.2) is 24.3 Å². The van der Waals surface area contributed by atoms with Crippen LogP contribution in [0.4, 0.5) is 4.39 Å². The van der Waals surface area contributed by atoms with Crippen LogP contribution in [0, 0.1) is 17.2 Å². The highest BCUT2D eigenvalue weighted by Crippen LogP contribution is 2.55. The van der Waals surface area contributed by atoms with Crippen LogP contribution < -0.4 is 0 Å². The summed E-state index contributed by atoms with van der Waals surface area (Å²) in [5.41, 5.74) is 0.657. The third kappa shape index (κ3) is 1.40. The van der Waals surface area contributed by atoms with E-state index in [0.717, 1.165) is 12.0 Å². The molecule has 3 atom stereocenters. The normalized spacial score (nSPS) is 33.6. The first-order chi connectivity index (χ1) is 7.50. The van der Waals surface area contributed by atoms with Gasteiger partial charge in [0.05, 0.1) is 0 Å². The molecular formula is C14H17FO. The number of rotatable bonds is 2. The van der Waals surface area contributed by atoms with E-state index < -0.39 is 0 Å². The maximum absolute atomic E-state index is 13.2. The fraction of sp³-hybridized carbons (Fsp3) is 0.500. The Hall–Kier alpha value is -1.18. The SMILES string of the molecule is CCC1(C)C(=O)C(C)C1c1cccc(F)c1. The summed E-state index contributed by atoms with van der Waals surface area (Å²) < 4.78 is 13.2. The molecule has 0 aromatic heterocycles. The van der Waals surface area contributed by atoms with Crippen LogP contribution in [0.5, 0.6) is 0 Å². The van der Waals surface area contributed by atoms with Crippen LogP contribution in [0.1, 0.15) is 38.7 Å². The molecule has 1 aromatic rings. The topological polar surface area (TPSA) is 17.1 Å². The summed E-state index contributed by atoms with van der Waals surface area (Å²) in [7, 11) is 0. The van der Waals surface area contributed by atoms with Gasteiger partial charge in [0.25, 0.3) is 0 Å². The van der Waals surface area contributed by atoms with Crippen molar-refractivity contribution in [2.45, 2.75) is 33.1 Å². The molecule has 1 aromatic carbocycles. The molecular weight excluding hydrogens is 203 g/mol. The van der Waals surface area contributed by atoms with Crippen molar-refractivity contribution in [2.75, 3.05) is 0 Å². The number of carbonyl (C=O) groups excluding carboxylic acids is 1. The molecule has 0 heterocycles. The van der Waals surface area contributed by atoms with Gasteiger partial charge >= 0.3 is 0 Å². The number of hydrogen-bond donors (Lipinski definition) is 0. The van der Waals surface area contributed by atoms with Gasteiger partial charge in [-0.3, -0.25) is 4.79 Å². The van der Waals surface area contributed by atoms with Gasteiger partial charge in [0.1, 0.15) is 11.6 Å². The molecule has 0 saturated heterocycles. The lowest BCUT2D eigenvalue weighted by Crippen LogP contribution is -2.52. The maximum atomic E-state index is 13.2. The molecule has 1 aliphatic rings. The van der Waals surface area contributed by atoms with Gasteiger partial charge in [0, 0.05) is 17.3 Å². The minimum absolute atomic E-state index is 0.0201. The van der Waals surface area contributed by atoms with Crippen molar-refractivity contribution in [3.05, 3.63) is 35.6 Å². The average Bonchev–Trinajstić information content (AvgIpc) is 2.28. The highest BCUT2D eigenvalue weighted by atomic mass is 19.1. The number of Topliss-reactive ketones (excluding diaryl/α,β-unsaturated/α-hetero) is 1. The molecule has 0 radical (unpaired) electrons. The number of carbonyl (C=O) groups is 1. The largest absolute Gasteiger partial charge is 0.299 e. The van der Waals surface area contributed by atoms with Gasteiger partial charge in [0.2, 0.25) is 0 Å². The van der Waals surface area contributed by atoms with Crippen LogP contribution in [0.25, 0.3) is 0 Å². The predicted octanol–water partition coefficient (Wildman–Crippen LogP) is 3.54. The van der Waals surface area contributed by atoms with Crippen molar-refractivity contribution in [3.63, 3.8) is 0 Å². The molecule has 86 valence electrons. The summed E-state index contributed by atoms with van der Waals surface area (Å²) in [6.45, 7) is 5.95. The van der Waals surface area contributed by atoms with Gasteiger partial charge in [0.15, 0.2) is 0 Å².